The predicted octanol–water partition coefficient (Wildman–Crippen LogP) is 7.74. The number of ketones is 1. The number of amides is 1. The van der Waals surface area contributed by atoms with Crippen molar-refractivity contribution < 1.29 is 9.59 Å². The number of nitrogens with zero attached hydrogens (tertiary/aromatic N) is 2. The van der Waals surface area contributed by atoms with Crippen LogP contribution in [0.4, 0.5) is 5.69 Å². The Morgan fingerprint density at radius 2 is 1.83 bits per heavy atom. The molecule has 1 aliphatic heterocycles. The lowest BCUT2D eigenvalue weighted by atomic mass is 9.99. The minimum atomic E-state index is 0. The van der Waals surface area contributed by atoms with E-state index in [0.717, 1.165) is 88.4 Å². The summed E-state index contributed by atoms with van der Waals surface area (Å²) in [4.78, 5) is 26.5. The highest BCUT2D eigenvalue weighted by molar-refractivity contribution is 5.78. The van der Waals surface area contributed by atoms with Crippen LogP contribution in [-0.4, -0.2) is 49.3 Å². The quantitative estimate of drug-likeness (QED) is 0.226. The first-order valence-corrected chi connectivity index (χ1v) is 15.4. The smallest absolute Gasteiger partial charge is 0.222 e. The van der Waals surface area contributed by atoms with E-state index in [4.69, 9.17) is 0 Å². The van der Waals surface area contributed by atoms with Crippen molar-refractivity contribution in [2.75, 3.05) is 37.6 Å². The fourth-order valence-corrected chi connectivity index (χ4v) is 5.45. The van der Waals surface area contributed by atoms with Crippen molar-refractivity contribution >= 4 is 23.1 Å². The van der Waals surface area contributed by atoms with Gasteiger partial charge in [-0.15, -0.1) is 0 Å². The molecular weight excluding hydrogens is 506 g/mol. The second-order valence-electron chi connectivity index (χ2n) is 11.6. The van der Waals surface area contributed by atoms with Crippen LogP contribution >= 0.6 is 0 Å². The third-order valence-corrected chi connectivity index (χ3v) is 7.90. The van der Waals surface area contributed by atoms with Gasteiger partial charge in [0.1, 0.15) is 5.78 Å². The lowest BCUT2D eigenvalue weighted by Gasteiger charge is -2.26. The second-order valence-corrected chi connectivity index (χ2v) is 11.6. The van der Waals surface area contributed by atoms with Gasteiger partial charge in [0.25, 0.3) is 0 Å². The molecule has 0 unspecified atom stereocenters. The van der Waals surface area contributed by atoms with Crippen LogP contribution in [0, 0.1) is 19.8 Å². The Balaban J connectivity index is 0.000000641. The normalized spacial score (nSPS) is 14.1. The number of likely N-dealkylation sites (tertiary alicyclic amines) is 1. The first-order valence-electron chi connectivity index (χ1n) is 15.4. The number of carbonyl (C=O) groups is 2. The van der Waals surface area contributed by atoms with E-state index in [-0.39, 0.29) is 7.43 Å². The summed E-state index contributed by atoms with van der Waals surface area (Å²) in [6, 6.07) is 15.4. The molecule has 5 heteroatoms. The van der Waals surface area contributed by atoms with Gasteiger partial charge in [0.05, 0.1) is 0 Å². The van der Waals surface area contributed by atoms with E-state index in [1.807, 2.05) is 4.90 Å². The SMILES string of the molecule is C.C=C(NCCCN1CCCC1=O)c1ccc(CCCN(CCC)c2ccccc2C)c(C)c1.CC(=O)CC1CC1. The molecule has 2 fully saturated rings. The zero-order valence-corrected chi connectivity index (χ0v) is 25.4. The second kappa shape index (κ2) is 17.7. The third kappa shape index (κ3) is 11.7. The number of rotatable bonds is 15. The van der Waals surface area contributed by atoms with Crippen LogP contribution in [-0.2, 0) is 16.0 Å². The summed E-state index contributed by atoms with van der Waals surface area (Å²) in [6.07, 6.45) is 9.48. The van der Waals surface area contributed by atoms with Crippen LogP contribution in [0.2, 0.25) is 0 Å². The van der Waals surface area contributed by atoms with Gasteiger partial charge in [-0.25, -0.2) is 0 Å². The van der Waals surface area contributed by atoms with Gasteiger partial charge in [-0.2, -0.15) is 0 Å². The number of hydrogen-bond acceptors (Lipinski definition) is 4. The lowest BCUT2D eigenvalue weighted by Crippen LogP contribution is -2.28. The molecule has 2 aromatic carbocycles. The van der Waals surface area contributed by atoms with Crippen LogP contribution < -0.4 is 10.2 Å². The van der Waals surface area contributed by atoms with Gasteiger partial charge < -0.3 is 19.9 Å². The van der Waals surface area contributed by atoms with Crippen LogP contribution in [0.1, 0.15) is 94.9 Å². The molecule has 4 rings (SSSR count). The first kappa shape index (κ1) is 34.1. The van der Waals surface area contributed by atoms with Crippen LogP contribution in [0.3, 0.4) is 0 Å². The Morgan fingerprint density at radius 3 is 2.41 bits per heavy atom. The largest absolute Gasteiger partial charge is 0.385 e. The van der Waals surface area contributed by atoms with E-state index < -0.39 is 0 Å². The van der Waals surface area contributed by atoms with Crippen LogP contribution in [0.15, 0.2) is 49.0 Å². The monoisotopic (exact) mass is 561 g/mol. The van der Waals surface area contributed by atoms with E-state index in [1.165, 1.54) is 35.2 Å². The van der Waals surface area contributed by atoms with E-state index in [9.17, 15) is 9.59 Å². The number of carbonyl (C=O) groups excluding carboxylic acids is 2. The van der Waals surface area contributed by atoms with Crippen molar-refractivity contribution in [1.82, 2.24) is 10.2 Å². The van der Waals surface area contributed by atoms with Crippen LogP contribution in [0.25, 0.3) is 5.70 Å². The number of anilines is 1. The Kier molecular flexibility index (Phi) is 14.7. The fraction of sp³-hybridized carbons (Fsp3) is 0.556. The summed E-state index contributed by atoms with van der Waals surface area (Å²) in [5, 5.41) is 3.44. The molecule has 1 N–H and O–H groups in total. The third-order valence-electron chi connectivity index (χ3n) is 7.90. The van der Waals surface area contributed by atoms with Gasteiger partial charge in [-0.1, -0.05) is 51.3 Å². The molecule has 1 saturated carbocycles. The lowest BCUT2D eigenvalue weighted by molar-refractivity contribution is -0.127. The molecule has 2 aliphatic rings. The van der Waals surface area contributed by atoms with Crippen LogP contribution in [0.5, 0.6) is 0 Å². The van der Waals surface area contributed by atoms with Crippen molar-refractivity contribution in [2.45, 2.75) is 92.9 Å². The standard InChI is InChI=1S/C29H41N3O.C6H10O.CH4/c1-5-18-31(28-13-7-6-11-23(28)2)19-8-12-26-15-16-27(22-24(26)3)25(4)30-17-10-21-32-20-9-14-29(32)33;1-5(7)4-6-2-3-6;/h6-7,11,13,15-16,22,30H,4-5,8-10,12,14,17-21H2,1-3H3;6H,2-4H2,1H3;1H4. The van der Waals surface area contributed by atoms with E-state index in [0.29, 0.717) is 18.1 Å². The van der Waals surface area contributed by atoms with Crippen molar-refractivity contribution in [3.63, 3.8) is 0 Å². The zero-order chi connectivity index (χ0) is 28.9. The average Bonchev–Trinajstić information content (AvgIpc) is 3.64. The maximum Gasteiger partial charge on any atom is 0.222 e. The molecule has 1 heterocycles. The Labute approximate surface area is 250 Å². The fourth-order valence-electron chi connectivity index (χ4n) is 5.45. The minimum absolute atomic E-state index is 0. The summed E-state index contributed by atoms with van der Waals surface area (Å²) < 4.78 is 0. The number of para-hydroxylation sites is 1. The highest BCUT2D eigenvalue weighted by Crippen LogP contribution is 2.32. The summed E-state index contributed by atoms with van der Waals surface area (Å²) in [5.74, 6) is 1.43. The molecule has 1 saturated heterocycles. The van der Waals surface area contributed by atoms with E-state index in [1.54, 1.807) is 6.92 Å². The molecule has 0 atom stereocenters. The van der Waals surface area contributed by atoms with E-state index >= 15 is 0 Å². The molecule has 2 aromatic rings. The minimum Gasteiger partial charge on any atom is -0.385 e. The van der Waals surface area contributed by atoms with Gasteiger partial charge in [-0.05, 0) is 106 Å². The molecular formula is C36H55N3O2. The highest BCUT2D eigenvalue weighted by Gasteiger charge is 2.22. The van der Waals surface area contributed by atoms with Gasteiger partial charge in [-0.3, -0.25) is 4.79 Å². The summed E-state index contributed by atoms with van der Waals surface area (Å²) in [6.45, 7) is 17.3. The number of hydrogen-bond donors (Lipinski definition) is 1. The molecule has 0 aromatic heterocycles. The number of benzene rings is 2. The topological polar surface area (TPSA) is 52.7 Å². The zero-order valence-electron chi connectivity index (χ0n) is 25.4. The van der Waals surface area contributed by atoms with Crippen molar-refractivity contribution in [1.29, 1.82) is 0 Å². The molecule has 0 radical (unpaired) electrons. The number of Topliss-reactive ketones (excluding diaryl/α,β-unsaturated/α-hetero) is 1. The van der Waals surface area contributed by atoms with Gasteiger partial charge in [0, 0.05) is 56.9 Å². The molecule has 5 nitrogen and oxygen atoms in total. The maximum absolute atomic E-state index is 11.7. The Hall–Kier alpha value is -3.08. The maximum atomic E-state index is 11.7. The molecule has 1 amide bonds. The molecule has 0 bridgehead atoms. The Bertz CT molecular complexity index is 1120. The molecule has 41 heavy (non-hydrogen) atoms. The average molecular weight is 562 g/mol. The van der Waals surface area contributed by atoms with Crippen molar-refractivity contribution in [2.24, 2.45) is 5.92 Å². The molecule has 1 aliphatic carbocycles. The van der Waals surface area contributed by atoms with E-state index in [2.05, 4.69) is 80.0 Å². The summed E-state index contributed by atoms with van der Waals surface area (Å²) in [5.41, 5.74) is 7.58. The molecule has 0 spiro atoms. The van der Waals surface area contributed by atoms with Crippen molar-refractivity contribution in [3.8, 4) is 0 Å². The summed E-state index contributed by atoms with van der Waals surface area (Å²) >= 11 is 0. The predicted molar refractivity (Wildman–Crippen MR) is 175 cm³/mol. The first-order chi connectivity index (χ1) is 19.3. The Morgan fingerprint density at radius 1 is 1.07 bits per heavy atom. The van der Waals surface area contributed by atoms with Gasteiger partial charge >= 0.3 is 0 Å². The number of aryl methyl sites for hydroxylation is 3. The van der Waals surface area contributed by atoms with Gasteiger partial charge in [0.2, 0.25) is 5.91 Å². The number of nitrogens with one attached hydrogen (secondary N) is 1. The van der Waals surface area contributed by atoms with Gasteiger partial charge in [0.15, 0.2) is 0 Å². The van der Waals surface area contributed by atoms with Crippen molar-refractivity contribution in [3.05, 3.63) is 71.3 Å². The molecule has 226 valence electrons. The summed E-state index contributed by atoms with van der Waals surface area (Å²) in [7, 11) is 0. The highest BCUT2D eigenvalue weighted by atomic mass is 16.2.